The first-order chi connectivity index (χ1) is 7.19. The minimum Gasteiger partial charge on any atom is -0.363 e. The SMILES string of the molecule is CCNC(=S)NCc1c(Cl)cnn1CC. The maximum atomic E-state index is 6.00. The Balaban J connectivity index is 2.56. The third-order valence-corrected chi connectivity index (χ3v) is 2.56. The van der Waals surface area contributed by atoms with Crippen molar-refractivity contribution in [2.45, 2.75) is 26.9 Å². The molecule has 1 aromatic rings. The molecule has 2 N–H and O–H groups in total. The van der Waals surface area contributed by atoms with Gasteiger partial charge in [-0.3, -0.25) is 4.68 Å². The molecule has 0 fully saturated rings. The van der Waals surface area contributed by atoms with Crippen LogP contribution in [-0.2, 0) is 13.1 Å². The van der Waals surface area contributed by atoms with E-state index in [-0.39, 0.29) is 0 Å². The Hall–Kier alpha value is -0.810. The van der Waals surface area contributed by atoms with Crippen molar-refractivity contribution < 1.29 is 0 Å². The molecule has 15 heavy (non-hydrogen) atoms. The zero-order valence-electron chi connectivity index (χ0n) is 8.88. The third-order valence-electron chi connectivity index (χ3n) is 1.95. The van der Waals surface area contributed by atoms with Crippen LogP contribution >= 0.6 is 23.8 Å². The number of aromatic nitrogens is 2. The molecule has 0 amide bonds. The molecule has 0 unspecified atom stereocenters. The van der Waals surface area contributed by atoms with Gasteiger partial charge >= 0.3 is 0 Å². The predicted octanol–water partition coefficient (Wildman–Crippen LogP) is 1.54. The molecule has 0 aromatic carbocycles. The van der Waals surface area contributed by atoms with Gasteiger partial charge < -0.3 is 10.6 Å². The van der Waals surface area contributed by atoms with E-state index in [2.05, 4.69) is 15.7 Å². The second kappa shape index (κ2) is 5.92. The first-order valence-electron chi connectivity index (χ1n) is 4.90. The molecule has 1 heterocycles. The maximum Gasteiger partial charge on any atom is 0.166 e. The molecule has 0 spiro atoms. The van der Waals surface area contributed by atoms with Crippen molar-refractivity contribution in [1.82, 2.24) is 20.4 Å². The summed E-state index contributed by atoms with van der Waals surface area (Å²) in [5.74, 6) is 0. The first kappa shape index (κ1) is 12.3. The molecule has 1 rings (SSSR count). The molecule has 4 nitrogen and oxygen atoms in total. The Labute approximate surface area is 100.0 Å². The molecule has 1 aromatic heterocycles. The lowest BCUT2D eigenvalue weighted by atomic mass is 10.4. The number of nitrogens with one attached hydrogen (secondary N) is 2. The normalized spacial score (nSPS) is 10.1. The van der Waals surface area contributed by atoms with Gasteiger partial charge in [0.1, 0.15) is 0 Å². The number of thiocarbonyl (C=S) groups is 1. The van der Waals surface area contributed by atoms with Gasteiger partial charge in [0, 0.05) is 13.1 Å². The highest BCUT2D eigenvalue weighted by molar-refractivity contribution is 7.80. The van der Waals surface area contributed by atoms with E-state index < -0.39 is 0 Å². The van der Waals surface area contributed by atoms with Crippen LogP contribution in [0.2, 0.25) is 5.02 Å². The molecule has 0 saturated carbocycles. The molecule has 84 valence electrons. The van der Waals surface area contributed by atoms with Gasteiger partial charge in [0.25, 0.3) is 0 Å². The van der Waals surface area contributed by atoms with E-state index in [0.29, 0.717) is 16.7 Å². The number of halogens is 1. The van der Waals surface area contributed by atoms with Gasteiger partial charge in [0.15, 0.2) is 5.11 Å². The summed E-state index contributed by atoms with van der Waals surface area (Å²) in [6.45, 7) is 6.23. The highest BCUT2D eigenvalue weighted by atomic mass is 35.5. The quantitative estimate of drug-likeness (QED) is 0.791. The zero-order valence-corrected chi connectivity index (χ0v) is 10.5. The van der Waals surface area contributed by atoms with Crippen molar-refractivity contribution in [2.75, 3.05) is 6.54 Å². The Bertz CT molecular complexity index is 337. The highest BCUT2D eigenvalue weighted by Gasteiger charge is 2.07. The van der Waals surface area contributed by atoms with E-state index in [4.69, 9.17) is 23.8 Å². The molecule has 0 aliphatic heterocycles. The van der Waals surface area contributed by atoms with Crippen LogP contribution in [0.4, 0.5) is 0 Å². The van der Waals surface area contributed by atoms with Gasteiger partial charge in [0.05, 0.1) is 23.5 Å². The molecule has 0 radical (unpaired) electrons. The van der Waals surface area contributed by atoms with Gasteiger partial charge in [-0.25, -0.2) is 0 Å². The van der Waals surface area contributed by atoms with Crippen LogP contribution in [0.3, 0.4) is 0 Å². The van der Waals surface area contributed by atoms with Crippen LogP contribution in [0, 0.1) is 0 Å². The first-order valence-corrected chi connectivity index (χ1v) is 5.69. The average molecular weight is 247 g/mol. The summed E-state index contributed by atoms with van der Waals surface area (Å²) < 4.78 is 1.85. The summed E-state index contributed by atoms with van der Waals surface area (Å²) in [6.07, 6.45) is 1.65. The molecular formula is C9H15ClN4S. The van der Waals surface area contributed by atoms with Gasteiger partial charge in [0.2, 0.25) is 0 Å². The molecule has 0 aliphatic carbocycles. The summed E-state index contributed by atoms with van der Waals surface area (Å²) in [7, 11) is 0. The summed E-state index contributed by atoms with van der Waals surface area (Å²) in [6, 6.07) is 0. The van der Waals surface area contributed by atoms with E-state index in [1.165, 1.54) is 0 Å². The Kier molecular flexibility index (Phi) is 4.84. The van der Waals surface area contributed by atoms with Gasteiger partial charge in [-0.15, -0.1) is 0 Å². The summed E-state index contributed by atoms with van der Waals surface area (Å²) in [5.41, 5.74) is 0.958. The molecule has 0 saturated heterocycles. The predicted molar refractivity (Wildman–Crippen MR) is 66.0 cm³/mol. The van der Waals surface area contributed by atoms with Gasteiger partial charge in [-0.05, 0) is 26.1 Å². The second-order valence-corrected chi connectivity index (χ2v) is 3.78. The lowest BCUT2D eigenvalue weighted by molar-refractivity contribution is 0.612. The molecule has 0 atom stereocenters. The largest absolute Gasteiger partial charge is 0.363 e. The highest BCUT2D eigenvalue weighted by Crippen LogP contribution is 2.14. The monoisotopic (exact) mass is 246 g/mol. The standard InChI is InChI=1S/C9H15ClN4S/c1-3-11-9(15)12-6-8-7(10)5-13-14(8)4-2/h5H,3-4,6H2,1-2H3,(H2,11,12,15). The van der Waals surface area contributed by atoms with E-state index in [0.717, 1.165) is 18.8 Å². The fourth-order valence-electron chi connectivity index (χ4n) is 1.22. The topological polar surface area (TPSA) is 41.9 Å². The zero-order chi connectivity index (χ0) is 11.3. The van der Waals surface area contributed by atoms with Crippen LogP contribution in [-0.4, -0.2) is 21.4 Å². The molecular weight excluding hydrogens is 232 g/mol. The van der Waals surface area contributed by atoms with Crippen LogP contribution in [0.25, 0.3) is 0 Å². The van der Waals surface area contributed by atoms with E-state index in [9.17, 15) is 0 Å². The third kappa shape index (κ3) is 3.35. The van der Waals surface area contributed by atoms with Crippen molar-refractivity contribution in [1.29, 1.82) is 0 Å². The summed E-state index contributed by atoms with van der Waals surface area (Å²) >= 11 is 11.1. The van der Waals surface area contributed by atoms with Crippen molar-refractivity contribution in [2.24, 2.45) is 0 Å². The van der Waals surface area contributed by atoms with E-state index >= 15 is 0 Å². The lowest BCUT2D eigenvalue weighted by Crippen LogP contribution is -2.35. The number of hydrogen-bond donors (Lipinski definition) is 2. The van der Waals surface area contributed by atoms with Crippen LogP contribution in [0.1, 0.15) is 19.5 Å². The summed E-state index contributed by atoms with van der Waals surface area (Å²) in [4.78, 5) is 0. The number of hydrogen-bond acceptors (Lipinski definition) is 2. The molecule has 6 heteroatoms. The lowest BCUT2D eigenvalue weighted by Gasteiger charge is -2.10. The van der Waals surface area contributed by atoms with Crippen molar-refractivity contribution in [3.8, 4) is 0 Å². The minimum absolute atomic E-state index is 0.596. The summed E-state index contributed by atoms with van der Waals surface area (Å²) in [5, 5.41) is 11.5. The number of aryl methyl sites for hydroxylation is 1. The van der Waals surface area contributed by atoms with Crippen molar-refractivity contribution in [3.63, 3.8) is 0 Å². The minimum atomic E-state index is 0.596. The Morgan fingerprint density at radius 3 is 2.87 bits per heavy atom. The number of nitrogens with zero attached hydrogens (tertiary/aromatic N) is 2. The fourth-order valence-corrected chi connectivity index (χ4v) is 1.65. The molecule has 0 aliphatic rings. The van der Waals surface area contributed by atoms with Crippen LogP contribution in [0.5, 0.6) is 0 Å². The number of rotatable bonds is 4. The van der Waals surface area contributed by atoms with Crippen molar-refractivity contribution in [3.05, 3.63) is 16.9 Å². The maximum absolute atomic E-state index is 6.00. The second-order valence-electron chi connectivity index (χ2n) is 2.97. The smallest absolute Gasteiger partial charge is 0.166 e. The van der Waals surface area contributed by atoms with E-state index in [1.807, 2.05) is 18.5 Å². The van der Waals surface area contributed by atoms with Gasteiger partial charge in [-0.1, -0.05) is 11.6 Å². The van der Waals surface area contributed by atoms with Gasteiger partial charge in [-0.2, -0.15) is 5.10 Å². The van der Waals surface area contributed by atoms with Crippen LogP contribution in [0.15, 0.2) is 6.20 Å². The van der Waals surface area contributed by atoms with Crippen molar-refractivity contribution >= 4 is 28.9 Å². The Morgan fingerprint density at radius 1 is 1.53 bits per heavy atom. The average Bonchev–Trinajstić information content (AvgIpc) is 2.57. The van der Waals surface area contributed by atoms with E-state index in [1.54, 1.807) is 6.20 Å². The fraction of sp³-hybridized carbons (Fsp3) is 0.556. The van der Waals surface area contributed by atoms with Crippen LogP contribution < -0.4 is 10.6 Å². The Morgan fingerprint density at radius 2 is 2.27 bits per heavy atom. The molecule has 0 bridgehead atoms.